The molecule has 0 aliphatic rings. The number of benzene rings is 2. The lowest BCUT2D eigenvalue weighted by Gasteiger charge is -2.18. The third-order valence-electron chi connectivity index (χ3n) is 4.33. The monoisotopic (exact) mass is 506 g/mol. The average Bonchev–Trinajstić information content (AvgIpc) is 3.21. The minimum Gasteiger partial charge on any atom is -0.428 e. The summed E-state index contributed by atoms with van der Waals surface area (Å²) < 4.78 is 6.73. The minimum absolute atomic E-state index is 0.137. The fourth-order valence-corrected chi connectivity index (χ4v) is 3.12. The van der Waals surface area contributed by atoms with Gasteiger partial charge in [-0.1, -0.05) is 47.7 Å². The number of aromatic nitrogens is 3. The van der Waals surface area contributed by atoms with E-state index >= 15 is 0 Å². The SMILES string of the molecule is O=C(CCn1cc(-c2ccccc2)nn1)N[C@@H](Cc1cccc(OI)c1)B(O)O. The summed E-state index contributed by atoms with van der Waals surface area (Å²) in [5.41, 5.74) is 2.50. The van der Waals surface area contributed by atoms with Crippen LogP contribution in [0.25, 0.3) is 11.3 Å². The maximum Gasteiger partial charge on any atom is 0.475 e. The fraction of sp³-hybridized carbons (Fsp3) is 0.211. The third kappa shape index (κ3) is 6.27. The van der Waals surface area contributed by atoms with Gasteiger partial charge in [-0.15, -0.1) is 5.10 Å². The molecule has 10 heteroatoms. The number of nitrogens with zero attached hydrogens (tertiary/aromatic N) is 3. The van der Waals surface area contributed by atoms with E-state index in [4.69, 9.17) is 3.07 Å². The molecule has 3 N–H and O–H groups in total. The zero-order valence-electron chi connectivity index (χ0n) is 15.5. The predicted octanol–water partition coefficient (Wildman–Crippen LogP) is 1.80. The number of carbonyl (C=O) groups excluding carboxylic acids is 1. The van der Waals surface area contributed by atoms with Crippen LogP contribution < -0.4 is 8.38 Å². The summed E-state index contributed by atoms with van der Waals surface area (Å²) in [6.45, 7) is 0.331. The van der Waals surface area contributed by atoms with Gasteiger partial charge in [-0.25, -0.2) is 0 Å². The van der Waals surface area contributed by atoms with Crippen molar-refractivity contribution in [2.24, 2.45) is 0 Å². The van der Waals surface area contributed by atoms with E-state index in [0.29, 0.717) is 12.3 Å². The number of aryl methyl sites for hydroxylation is 1. The number of halogens is 1. The van der Waals surface area contributed by atoms with Gasteiger partial charge in [0.05, 0.1) is 18.7 Å². The van der Waals surface area contributed by atoms with Crippen LogP contribution in [0.2, 0.25) is 0 Å². The summed E-state index contributed by atoms with van der Waals surface area (Å²) in [7, 11) is -1.68. The van der Waals surface area contributed by atoms with Gasteiger partial charge in [0, 0.05) is 12.0 Å². The standard InChI is InChI=1S/C19H20BIN4O4/c21-29-16-8-4-5-14(11-16)12-18(20(27)28)22-19(26)9-10-25-13-17(23-24-25)15-6-2-1-3-7-15/h1-8,11,13,18,27-28H,9-10,12H2,(H,22,26)/t18-/m0/s1. The molecule has 1 heterocycles. The van der Waals surface area contributed by atoms with Crippen LogP contribution in [0, 0.1) is 0 Å². The van der Waals surface area contributed by atoms with Crippen LogP contribution in [0.1, 0.15) is 12.0 Å². The van der Waals surface area contributed by atoms with Crippen molar-refractivity contribution in [2.45, 2.75) is 25.3 Å². The Bertz CT molecular complexity index is 939. The average molecular weight is 506 g/mol. The largest absolute Gasteiger partial charge is 0.475 e. The summed E-state index contributed by atoms with van der Waals surface area (Å²) in [5, 5.41) is 30.1. The molecule has 1 aromatic heterocycles. The molecule has 1 amide bonds. The molecule has 0 aliphatic carbocycles. The first kappa shape index (κ1) is 21.3. The second-order valence-electron chi connectivity index (χ2n) is 6.50. The first-order valence-corrected chi connectivity index (χ1v) is 9.92. The van der Waals surface area contributed by atoms with Crippen molar-refractivity contribution in [3.8, 4) is 17.0 Å². The lowest BCUT2D eigenvalue weighted by Crippen LogP contribution is -2.48. The summed E-state index contributed by atoms with van der Waals surface area (Å²) in [4.78, 5) is 12.3. The Morgan fingerprint density at radius 3 is 2.72 bits per heavy atom. The van der Waals surface area contributed by atoms with Gasteiger partial charge in [0.25, 0.3) is 0 Å². The van der Waals surface area contributed by atoms with E-state index in [9.17, 15) is 14.8 Å². The maximum atomic E-state index is 12.3. The number of carbonyl (C=O) groups is 1. The van der Waals surface area contributed by atoms with Crippen LogP contribution in [-0.2, 0) is 17.8 Å². The van der Waals surface area contributed by atoms with E-state index in [1.807, 2.05) is 36.4 Å². The van der Waals surface area contributed by atoms with E-state index < -0.39 is 13.1 Å². The lowest BCUT2D eigenvalue weighted by molar-refractivity contribution is -0.121. The van der Waals surface area contributed by atoms with Crippen molar-refractivity contribution in [1.82, 2.24) is 20.3 Å². The Hall–Kier alpha value is -2.44. The van der Waals surface area contributed by atoms with Crippen LogP contribution in [0.3, 0.4) is 0 Å². The molecule has 0 aliphatic heterocycles. The molecular formula is C19H20BIN4O4. The molecule has 150 valence electrons. The van der Waals surface area contributed by atoms with Crippen molar-refractivity contribution < 1.29 is 17.9 Å². The van der Waals surface area contributed by atoms with Crippen molar-refractivity contribution in [3.05, 3.63) is 66.4 Å². The summed E-state index contributed by atoms with van der Waals surface area (Å²) >= 11 is 1.78. The van der Waals surface area contributed by atoms with Crippen LogP contribution in [0.15, 0.2) is 60.8 Å². The lowest BCUT2D eigenvalue weighted by atomic mass is 9.76. The highest BCUT2D eigenvalue weighted by Gasteiger charge is 2.25. The number of hydrogen-bond donors (Lipinski definition) is 3. The van der Waals surface area contributed by atoms with Gasteiger partial charge >= 0.3 is 7.12 Å². The Kier molecular flexibility index (Phi) is 7.61. The molecule has 3 aromatic rings. The van der Waals surface area contributed by atoms with Crippen molar-refractivity contribution in [1.29, 1.82) is 0 Å². The topological polar surface area (TPSA) is 110 Å². The maximum absolute atomic E-state index is 12.3. The Labute approximate surface area is 182 Å². The minimum atomic E-state index is -1.68. The molecule has 2 aromatic carbocycles. The van der Waals surface area contributed by atoms with Gasteiger partial charge in [-0.05, 0) is 24.1 Å². The van der Waals surface area contributed by atoms with Gasteiger partial charge in [-0.2, -0.15) is 0 Å². The van der Waals surface area contributed by atoms with E-state index in [-0.39, 0.29) is 18.7 Å². The molecule has 0 radical (unpaired) electrons. The Morgan fingerprint density at radius 2 is 2.00 bits per heavy atom. The molecular weight excluding hydrogens is 486 g/mol. The van der Waals surface area contributed by atoms with Crippen LogP contribution in [0.4, 0.5) is 0 Å². The smallest absolute Gasteiger partial charge is 0.428 e. The van der Waals surface area contributed by atoms with Crippen molar-refractivity contribution in [3.63, 3.8) is 0 Å². The molecule has 3 rings (SSSR count). The van der Waals surface area contributed by atoms with Gasteiger partial charge in [0.15, 0.2) is 23.0 Å². The molecule has 0 saturated carbocycles. The van der Waals surface area contributed by atoms with Gasteiger partial charge in [0.1, 0.15) is 11.4 Å². The van der Waals surface area contributed by atoms with E-state index in [1.165, 1.54) is 0 Å². The van der Waals surface area contributed by atoms with Crippen molar-refractivity contribution >= 4 is 36.0 Å². The Morgan fingerprint density at radius 1 is 1.21 bits per heavy atom. The van der Waals surface area contributed by atoms with Crippen LogP contribution in [0.5, 0.6) is 5.75 Å². The zero-order valence-corrected chi connectivity index (χ0v) is 17.6. The molecule has 0 spiro atoms. The molecule has 0 bridgehead atoms. The molecule has 29 heavy (non-hydrogen) atoms. The molecule has 0 unspecified atom stereocenters. The number of nitrogens with one attached hydrogen (secondary N) is 1. The van der Waals surface area contributed by atoms with E-state index in [2.05, 4.69) is 15.6 Å². The second kappa shape index (κ2) is 10.4. The van der Waals surface area contributed by atoms with Crippen LogP contribution >= 0.6 is 23.0 Å². The summed E-state index contributed by atoms with van der Waals surface area (Å²) in [6, 6.07) is 16.9. The van der Waals surface area contributed by atoms with Gasteiger partial charge in [0.2, 0.25) is 5.91 Å². The number of rotatable bonds is 9. The van der Waals surface area contributed by atoms with Gasteiger partial charge in [-0.3, -0.25) is 9.48 Å². The van der Waals surface area contributed by atoms with E-state index in [1.54, 1.807) is 52.1 Å². The molecule has 8 nitrogen and oxygen atoms in total. The van der Waals surface area contributed by atoms with Gasteiger partial charge < -0.3 is 18.4 Å². The fourth-order valence-electron chi connectivity index (χ4n) is 2.85. The van der Waals surface area contributed by atoms with Crippen molar-refractivity contribution in [2.75, 3.05) is 0 Å². The normalized spacial score (nSPS) is 11.7. The first-order chi connectivity index (χ1) is 14.0. The second-order valence-corrected chi connectivity index (χ2v) is 6.94. The summed E-state index contributed by atoms with van der Waals surface area (Å²) in [5.74, 6) is -0.482. The van der Waals surface area contributed by atoms with E-state index in [0.717, 1.165) is 16.8 Å². The molecule has 1 atom stereocenters. The highest BCUT2D eigenvalue weighted by atomic mass is 127. The molecule has 0 saturated heterocycles. The first-order valence-electron chi connectivity index (χ1n) is 9.04. The van der Waals surface area contributed by atoms with Crippen LogP contribution in [-0.4, -0.2) is 44.0 Å². The number of amides is 1. The zero-order chi connectivity index (χ0) is 20.6. The quantitative estimate of drug-likeness (QED) is 0.302. The predicted molar refractivity (Wildman–Crippen MR) is 117 cm³/mol. The highest BCUT2D eigenvalue weighted by molar-refractivity contribution is 14.1. The third-order valence-corrected chi connectivity index (χ3v) is 4.83. The molecule has 0 fully saturated rings. The Balaban J connectivity index is 1.55. The highest BCUT2D eigenvalue weighted by Crippen LogP contribution is 2.17. The summed E-state index contributed by atoms with van der Waals surface area (Å²) in [6.07, 6.45) is 2.17. The number of hydrogen-bond acceptors (Lipinski definition) is 6.